The number of hydrogen-bond acceptors (Lipinski definition) is 5. The summed E-state index contributed by atoms with van der Waals surface area (Å²) < 4.78 is 37.6. The van der Waals surface area contributed by atoms with Crippen LogP contribution in [-0.4, -0.2) is 23.7 Å². The van der Waals surface area contributed by atoms with Crippen molar-refractivity contribution in [2.45, 2.75) is 18.4 Å². The molecule has 6 nitrogen and oxygen atoms in total. The molecule has 1 aromatic carbocycles. The van der Waals surface area contributed by atoms with Gasteiger partial charge in [0.25, 0.3) is 0 Å². The van der Waals surface area contributed by atoms with E-state index in [1.54, 1.807) is 36.8 Å². The van der Waals surface area contributed by atoms with E-state index in [1.807, 2.05) is 42.7 Å². The van der Waals surface area contributed by atoms with Gasteiger partial charge in [-0.3, -0.25) is 19.2 Å². The van der Waals surface area contributed by atoms with Gasteiger partial charge in [0, 0.05) is 60.6 Å². The highest BCUT2D eigenvalue weighted by molar-refractivity contribution is 7.77. The van der Waals surface area contributed by atoms with Crippen LogP contribution in [0, 0.1) is 5.82 Å². The van der Waals surface area contributed by atoms with Gasteiger partial charge in [0.2, 0.25) is 0 Å². The van der Waals surface area contributed by atoms with Crippen molar-refractivity contribution in [3.8, 4) is 0 Å². The molecule has 8 heteroatoms. The fourth-order valence-corrected chi connectivity index (χ4v) is 4.07. The molecule has 3 heterocycles. The molecule has 4 aromatic rings. The van der Waals surface area contributed by atoms with Crippen molar-refractivity contribution in [2.24, 2.45) is 0 Å². The van der Waals surface area contributed by atoms with Crippen LogP contribution in [-0.2, 0) is 17.8 Å². The highest BCUT2D eigenvalue weighted by Crippen LogP contribution is 2.42. The highest BCUT2D eigenvalue weighted by atomic mass is 32.2. The molecule has 0 bridgehead atoms. The zero-order valence-electron chi connectivity index (χ0n) is 17.0. The molecule has 0 radical (unpaired) electrons. The second kappa shape index (κ2) is 10.3. The van der Waals surface area contributed by atoms with Gasteiger partial charge in [-0.05, 0) is 52.6 Å². The molecule has 0 aliphatic heterocycles. The molecule has 0 saturated heterocycles. The zero-order chi connectivity index (χ0) is 22.3. The van der Waals surface area contributed by atoms with Crippen molar-refractivity contribution in [2.75, 3.05) is 0 Å². The molecule has 0 aliphatic carbocycles. The normalized spacial score (nSPS) is 13.1. The number of benzene rings is 1. The summed E-state index contributed by atoms with van der Waals surface area (Å²) in [4.78, 5) is 13.1. The number of nitrogens with zero attached hydrogens (tertiary/aromatic N) is 3. The number of rotatable bonds is 8. The number of halogens is 1. The van der Waals surface area contributed by atoms with Gasteiger partial charge in [-0.25, -0.2) is 9.11 Å². The molecule has 0 saturated carbocycles. The average molecular weight is 448 g/mol. The second-order valence-corrected chi connectivity index (χ2v) is 7.98. The van der Waals surface area contributed by atoms with Gasteiger partial charge in [0.1, 0.15) is 5.82 Å². The van der Waals surface area contributed by atoms with Crippen molar-refractivity contribution in [1.29, 1.82) is 0 Å². The van der Waals surface area contributed by atoms with Gasteiger partial charge >= 0.3 is 0 Å². The lowest BCUT2D eigenvalue weighted by Gasteiger charge is -2.29. The molecular weight excluding hydrogens is 427 g/mol. The maximum Gasteiger partial charge on any atom is 0.123 e. The Hall–Kier alpha value is -3.33. The molecule has 0 aliphatic rings. The van der Waals surface area contributed by atoms with Crippen LogP contribution in [0.15, 0.2) is 91.6 Å². The van der Waals surface area contributed by atoms with E-state index < -0.39 is 11.3 Å². The van der Waals surface area contributed by atoms with Crippen molar-refractivity contribution >= 4 is 11.3 Å². The summed E-state index contributed by atoms with van der Waals surface area (Å²) in [6.45, 7) is 0.103. The summed E-state index contributed by atoms with van der Waals surface area (Å²) in [7, 11) is 0. The van der Waals surface area contributed by atoms with Gasteiger partial charge in [0.15, 0.2) is 0 Å². The Kier molecular flexibility index (Phi) is 7.06. The highest BCUT2D eigenvalue weighted by Gasteiger charge is 2.29. The minimum atomic E-state index is -2.36. The second-order valence-electron chi connectivity index (χ2n) is 7.22. The molecule has 3 aromatic heterocycles. The third-order valence-corrected chi connectivity index (χ3v) is 5.61. The van der Waals surface area contributed by atoms with E-state index in [0.29, 0.717) is 5.69 Å². The molecular formula is C24H20FN4O2S-. The standard InChI is InChI=1S/C24H21FN4O2S/c25-21-8-5-17(6-9-21)23(20-7-10-22(28-15-20)16-29-32(30)31)24(18-3-1-11-26-13-18)19-4-2-12-27-14-19/h1-15,23-24,29H,16H2,(H,30,31)/p-1. The van der Waals surface area contributed by atoms with Gasteiger partial charge in [-0.15, -0.1) is 0 Å². The molecule has 0 amide bonds. The van der Waals surface area contributed by atoms with Crippen LogP contribution in [0.2, 0.25) is 0 Å². The summed E-state index contributed by atoms with van der Waals surface area (Å²) in [5, 5.41) is 0. The van der Waals surface area contributed by atoms with Crippen molar-refractivity contribution in [3.63, 3.8) is 0 Å². The summed E-state index contributed by atoms with van der Waals surface area (Å²) in [5.74, 6) is -0.660. The predicted molar refractivity (Wildman–Crippen MR) is 119 cm³/mol. The quantitative estimate of drug-likeness (QED) is 0.414. The topological polar surface area (TPSA) is 90.8 Å². The van der Waals surface area contributed by atoms with Crippen LogP contribution in [0.5, 0.6) is 0 Å². The smallest absolute Gasteiger partial charge is 0.123 e. The fourth-order valence-electron chi connectivity index (χ4n) is 3.80. The van der Waals surface area contributed by atoms with Gasteiger partial charge in [-0.1, -0.05) is 30.3 Å². The molecule has 0 fully saturated rings. The largest absolute Gasteiger partial charge is 0.760 e. The fraction of sp³-hybridized carbons (Fsp3) is 0.125. The van der Waals surface area contributed by atoms with E-state index in [2.05, 4.69) is 19.7 Å². The Morgan fingerprint density at radius 2 is 1.38 bits per heavy atom. The van der Waals surface area contributed by atoms with E-state index in [0.717, 1.165) is 22.3 Å². The van der Waals surface area contributed by atoms with Crippen LogP contribution >= 0.6 is 0 Å². The molecule has 0 spiro atoms. The lowest BCUT2D eigenvalue weighted by molar-refractivity contribution is 0.522. The lowest BCUT2D eigenvalue weighted by atomic mass is 9.75. The molecule has 2 unspecified atom stereocenters. The number of pyridine rings is 3. The summed E-state index contributed by atoms with van der Waals surface area (Å²) >= 11 is -2.36. The molecule has 4 rings (SSSR count). The molecule has 1 N–H and O–H groups in total. The minimum Gasteiger partial charge on any atom is -0.760 e. The SMILES string of the molecule is O=S([O-])NCc1ccc(C(c2ccc(F)cc2)C(c2cccnc2)c2cccnc2)cn1. The van der Waals surface area contributed by atoms with E-state index in [1.165, 1.54) is 12.1 Å². The van der Waals surface area contributed by atoms with Crippen LogP contribution < -0.4 is 4.72 Å². The first-order valence-corrected chi connectivity index (χ1v) is 11.0. The first kappa shape index (κ1) is 21.9. The van der Waals surface area contributed by atoms with Crippen LogP contribution in [0.1, 0.15) is 39.8 Å². The average Bonchev–Trinajstić information content (AvgIpc) is 2.83. The van der Waals surface area contributed by atoms with E-state index in [9.17, 15) is 13.2 Å². The van der Waals surface area contributed by atoms with Crippen molar-refractivity contribution < 1.29 is 13.2 Å². The van der Waals surface area contributed by atoms with Crippen molar-refractivity contribution in [1.82, 2.24) is 19.7 Å². The third kappa shape index (κ3) is 5.28. The summed E-state index contributed by atoms with van der Waals surface area (Å²) in [6, 6.07) is 17.9. The number of aromatic nitrogens is 3. The Balaban J connectivity index is 1.82. The third-order valence-electron chi connectivity index (χ3n) is 5.23. The Morgan fingerprint density at radius 3 is 1.88 bits per heavy atom. The molecule has 32 heavy (non-hydrogen) atoms. The van der Waals surface area contributed by atoms with Crippen LogP contribution in [0.25, 0.3) is 0 Å². The van der Waals surface area contributed by atoms with Gasteiger partial charge in [-0.2, -0.15) is 0 Å². The maximum absolute atomic E-state index is 13.7. The Bertz CT molecular complexity index is 1120. The first-order valence-electron chi connectivity index (χ1n) is 9.94. The maximum atomic E-state index is 13.7. The van der Waals surface area contributed by atoms with E-state index in [-0.39, 0.29) is 24.2 Å². The monoisotopic (exact) mass is 447 g/mol. The first-order chi connectivity index (χ1) is 15.6. The summed E-state index contributed by atoms with van der Waals surface area (Å²) in [5.41, 5.74) is 4.39. The Morgan fingerprint density at radius 1 is 0.812 bits per heavy atom. The minimum absolute atomic E-state index is 0.103. The van der Waals surface area contributed by atoms with Gasteiger partial charge in [0.05, 0.1) is 5.69 Å². The molecule has 162 valence electrons. The Labute approximate surface area is 188 Å². The van der Waals surface area contributed by atoms with Crippen molar-refractivity contribution in [3.05, 3.63) is 125 Å². The van der Waals surface area contributed by atoms with E-state index >= 15 is 0 Å². The predicted octanol–water partition coefficient (Wildman–Crippen LogP) is 3.86. The lowest BCUT2D eigenvalue weighted by Crippen LogP contribution is -2.18. The van der Waals surface area contributed by atoms with E-state index in [4.69, 9.17) is 0 Å². The zero-order valence-corrected chi connectivity index (χ0v) is 17.8. The number of nitrogens with one attached hydrogen (secondary N) is 1. The number of hydrogen-bond donors (Lipinski definition) is 1. The molecule has 2 atom stereocenters. The van der Waals surface area contributed by atoms with Gasteiger partial charge < -0.3 is 4.55 Å². The van der Waals surface area contributed by atoms with Crippen LogP contribution in [0.4, 0.5) is 4.39 Å². The van der Waals surface area contributed by atoms with Crippen LogP contribution in [0.3, 0.4) is 0 Å². The summed E-state index contributed by atoms with van der Waals surface area (Å²) in [6.07, 6.45) is 8.82.